The van der Waals surface area contributed by atoms with Crippen molar-refractivity contribution < 1.29 is 19.0 Å². The normalized spacial score (nSPS) is 10.3. The van der Waals surface area contributed by atoms with Crippen molar-refractivity contribution in [2.45, 2.75) is 19.4 Å². The van der Waals surface area contributed by atoms with Crippen LogP contribution in [0.5, 0.6) is 11.5 Å². The molecular formula is C24H24O4. The van der Waals surface area contributed by atoms with E-state index >= 15 is 0 Å². The lowest BCUT2D eigenvalue weighted by molar-refractivity contribution is 0.0500. The lowest BCUT2D eigenvalue weighted by Crippen LogP contribution is -2.08. The minimum atomic E-state index is -0.304. The molecule has 0 saturated heterocycles. The summed E-state index contributed by atoms with van der Waals surface area (Å²) in [5.41, 5.74) is 2.65. The van der Waals surface area contributed by atoms with Gasteiger partial charge in [0.25, 0.3) is 0 Å². The van der Waals surface area contributed by atoms with Crippen LogP contribution in [0.3, 0.4) is 0 Å². The van der Waals surface area contributed by atoms with Gasteiger partial charge in [0.2, 0.25) is 0 Å². The van der Waals surface area contributed by atoms with Gasteiger partial charge in [0.15, 0.2) is 0 Å². The van der Waals surface area contributed by atoms with Gasteiger partial charge in [0, 0.05) is 5.56 Å². The van der Waals surface area contributed by atoms with Gasteiger partial charge in [-0.25, -0.2) is 4.79 Å². The fraction of sp³-hybridized carbons (Fsp3) is 0.208. The molecule has 0 spiro atoms. The summed E-state index contributed by atoms with van der Waals surface area (Å²) in [6, 6.07) is 24.8. The van der Waals surface area contributed by atoms with E-state index in [0.29, 0.717) is 31.6 Å². The van der Waals surface area contributed by atoms with Gasteiger partial charge < -0.3 is 14.2 Å². The maximum atomic E-state index is 12.0. The predicted molar refractivity (Wildman–Crippen MR) is 109 cm³/mol. The van der Waals surface area contributed by atoms with Gasteiger partial charge in [-0.15, -0.1) is 0 Å². The highest BCUT2D eigenvalue weighted by Crippen LogP contribution is 2.30. The summed E-state index contributed by atoms with van der Waals surface area (Å²) in [4.78, 5) is 12.0. The standard InChI is InChI=1S/C24H24O4/c1-26-22-15-8-16-23(28-18-19-10-4-2-5-11-19)21(22)14-9-17-27-24(25)20-12-6-3-7-13-20/h2-8,10-13,15-16H,9,14,17-18H2,1H3. The molecule has 0 atom stereocenters. The zero-order chi connectivity index (χ0) is 19.6. The molecule has 0 N–H and O–H groups in total. The van der Waals surface area contributed by atoms with E-state index in [1.54, 1.807) is 19.2 Å². The molecule has 0 amide bonds. The molecule has 4 nitrogen and oxygen atoms in total. The van der Waals surface area contributed by atoms with E-state index in [4.69, 9.17) is 14.2 Å². The third-order valence-electron chi connectivity index (χ3n) is 4.36. The van der Waals surface area contributed by atoms with Crippen molar-refractivity contribution >= 4 is 5.97 Å². The topological polar surface area (TPSA) is 44.8 Å². The fourth-order valence-corrected chi connectivity index (χ4v) is 2.93. The Kier molecular flexibility index (Phi) is 7.08. The molecule has 0 unspecified atom stereocenters. The second-order valence-corrected chi connectivity index (χ2v) is 6.32. The molecule has 0 bridgehead atoms. The van der Waals surface area contributed by atoms with Crippen LogP contribution in [0.15, 0.2) is 78.9 Å². The molecule has 3 aromatic carbocycles. The van der Waals surface area contributed by atoms with Gasteiger partial charge in [0.1, 0.15) is 18.1 Å². The number of carbonyl (C=O) groups is 1. The Morgan fingerprint density at radius 2 is 1.50 bits per heavy atom. The van der Waals surface area contributed by atoms with Crippen LogP contribution in [0.25, 0.3) is 0 Å². The van der Waals surface area contributed by atoms with Gasteiger partial charge >= 0.3 is 5.97 Å². The molecule has 0 saturated carbocycles. The first-order chi connectivity index (χ1) is 13.8. The van der Waals surface area contributed by atoms with E-state index in [-0.39, 0.29) is 5.97 Å². The van der Waals surface area contributed by atoms with Crippen LogP contribution in [-0.4, -0.2) is 19.7 Å². The van der Waals surface area contributed by atoms with Gasteiger partial charge in [-0.1, -0.05) is 54.6 Å². The van der Waals surface area contributed by atoms with Crippen molar-refractivity contribution in [1.29, 1.82) is 0 Å². The maximum absolute atomic E-state index is 12.0. The highest BCUT2D eigenvalue weighted by Gasteiger charge is 2.12. The Labute approximate surface area is 165 Å². The monoisotopic (exact) mass is 376 g/mol. The van der Waals surface area contributed by atoms with Crippen molar-refractivity contribution in [1.82, 2.24) is 0 Å². The third-order valence-corrected chi connectivity index (χ3v) is 4.36. The van der Waals surface area contributed by atoms with Crippen molar-refractivity contribution in [3.05, 3.63) is 95.6 Å². The number of benzene rings is 3. The molecule has 0 heterocycles. The summed E-state index contributed by atoms with van der Waals surface area (Å²) in [7, 11) is 1.65. The number of ether oxygens (including phenoxy) is 3. The average Bonchev–Trinajstić information content (AvgIpc) is 2.76. The number of hydrogen-bond acceptors (Lipinski definition) is 4. The lowest BCUT2D eigenvalue weighted by Gasteiger charge is -2.15. The van der Waals surface area contributed by atoms with Crippen LogP contribution in [0.2, 0.25) is 0 Å². The van der Waals surface area contributed by atoms with E-state index in [1.165, 1.54) is 0 Å². The Balaban J connectivity index is 1.58. The van der Waals surface area contributed by atoms with Crippen LogP contribution in [0.4, 0.5) is 0 Å². The SMILES string of the molecule is COc1cccc(OCc2ccccc2)c1CCCOC(=O)c1ccccc1. The van der Waals surface area contributed by atoms with E-state index in [1.807, 2.05) is 66.7 Å². The summed E-state index contributed by atoms with van der Waals surface area (Å²) in [5, 5.41) is 0. The Morgan fingerprint density at radius 3 is 2.21 bits per heavy atom. The Bertz CT molecular complexity index is 876. The van der Waals surface area contributed by atoms with Gasteiger partial charge in [-0.3, -0.25) is 0 Å². The fourth-order valence-electron chi connectivity index (χ4n) is 2.93. The molecular weight excluding hydrogens is 352 g/mol. The Hall–Kier alpha value is -3.27. The van der Waals surface area contributed by atoms with Gasteiger partial charge in [-0.2, -0.15) is 0 Å². The Morgan fingerprint density at radius 1 is 0.821 bits per heavy atom. The zero-order valence-corrected chi connectivity index (χ0v) is 16.0. The van der Waals surface area contributed by atoms with E-state index in [2.05, 4.69) is 0 Å². The molecule has 3 aromatic rings. The summed E-state index contributed by atoms with van der Waals surface area (Å²) in [6.07, 6.45) is 1.37. The zero-order valence-electron chi connectivity index (χ0n) is 16.0. The first-order valence-corrected chi connectivity index (χ1v) is 9.32. The number of carbonyl (C=O) groups excluding carboxylic acids is 1. The number of hydrogen-bond donors (Lipinski definition) is 0. The molecule has 0 aliphatic carbocycles. The van der Waals surface area contributed by atoms with Crippen LogP contribution in [-0.2, 0) is 17.8 Å². The summed E-state index contributed by atoms with van der Waals surface area (Å²) in [5.74, 6) is 1.26. The highest BCUT2D eigenvalue weighted by molar-refractivity contribution is 5.89. The van der Waals surface area contributed by atoms with Crippen molar-refractivity contribution in [2.24, 2.45) is 0 Å². The minimum Gasteiger partial charge on any atom is -0.496 e. The van der Waals surface area contributed by atoms with Crippen molar-refractivity contribution in [2.75, 3.05) is 13.7 Å². The molecule has 28 heavy (non-hydrogen) atoms. The molecule has 4 heteroatoms. The van der Waals surface area contributed by atoms with Crippen LogP contribution < -0.4 is 9.47 Å². The molecule has 3 rings (SSSR count). The lowest BCUT2D eigenvalue weighted by atomic mass is 10.1. The van der Waals surface area contributed by atoms with E-state index in [0.717, 1.165) is 22.6 Å². The predicted octanol–water partition coefficient (Wildman–Crippen LogP) is 5.06. The average molecular weight is 376 g/mol. The van der Waals surface area contributed by atoms with Gasteiger partial charge in [-0.05, 0) is 42.7 Å². The summed E-state index contributed by atoms with van der Waals surface area (Å²) >= 11 is 0. The third kappa shape index (κ3) is 5.36. The highest BCUT2D eigenvalue weighted by atomic mass is 16.5. The molecule has 144 valence electrons. The maximum Gasteiger partial charge on any atom is 0.338 e. The van der Waals surface area contributed by atoms with Crippen molar-refractivity contribution in [3.8, 4) is 11.5 Å². The second-order valence-electron chi connectivity index (χ2n) is 6.32. The number of methoxy groups -OCH3 is 1. The summed E-state index contributed by atoms with van der Waals surface area (Å²) < 4.78 is 16.9. The van der Waals surface area contributed by atoms with Crippen LogP contribution in [0.1, 0.15) is 27.9 Å². The quantitative estimate of drug-likeness (QED) is 0.387. The van der Waals surface area contributed by atoms with Crippen LogP contribution >= 0.6 is 0 Å². The largest absolute Gasteiger partial charge is 0.496 e. The first-order valence-electron chi connectivity index (χ1n) is 9.32. The molecule has 0 fully saturated rings. The van der Waals surface area contributed by atoms with Crippen molar-refractivity contribution in [3.63, 3.8) is 0 Å². The smallest absolute Gasteiger partial charge is 0.338 e. The van der Waals surface area contributed by atoms with E-state index in [9.17, 15) is 4.79 Å². The minimum absolute atomic E-state index is 0.304. The molecule has 0 aliphatic heterocycles. The van der Waals surface area contributed by atoms with Crippen LogP contribution in [0, 0.1) is 0 Å². The molecule has 0 aliphatic rings. The number of rotatable bonds is 9. The summed E-state index contributed by atoms with van der Waals surface area (Å²) in [6.45, 7) is 0.827. The molecule has 0 aromatic heterocycles. The first kappa shape index (κ1) is 19.5. The molecule has 0 radical (unpaired) electrons. The number of esters is 1. The second kappa shape index (κ2) is 10.2. The van der Waals surface area contributed by atoms with Gasteiger partial charge in [0.05, 0.1) is 19.3 Å². The van der Waals surface area contributed by atoms with E-state index < -0.39 is 0 Å².